The van der Waals surface area contributed by atoms with Gasteiger partial charge in [0.25, 0.3) is 0 Å². The first-order chi connectivity index (χ1) is 5.49. The predicted molar refractivity (Wildman–Crippen MR) is 59.2 cm³/mol. The first-order valence-corrected chi connectivity index (χ1v) is 6.12. The summed E-state index contributed by atoms with van der Waals surface area (Å²) in [6, 6.07) is 0. The van der Waals surface area contributed by atoms with Crippen molar-refractivity contribution in [2.75, 3.05) is 0 Å². The summed E-state index contributed by atoms with van der Waals surface area (Å²) in [6.45, 7) is 6.82. The van der Waals surface area contributed by atoms with Crippen LogP contribution < -0.4 is 0 Å². The number of rotatable bonds is 1. The van der Waals surface area contributed by atoms with Gasteiger partial charge in [-0.05, 0) is 12.8 Å². The molecule has 72 valence electrons. The SMILES string of the molecule is CC(C)(C)S[C@H]1CCCC[C@@H]1Cl. The highest BCUT2D eigenvalue weighted by atomic mass is 35.5. The Kier molecular flexibility index (Phi) is 3.78. The maximum absolute atomic E-state index is 6.27. The molecule has 1 saturated carbocycles. The molecule has 1 aliphatic carbocycles. The van der Waals surface area contributed by atoms with Gasteiger partial charge in [-0.1, -0.05) is 33.6 Å². The molecule has 2 heteroatoms. The second kappa shape index (κ2) is 4.23. The van der Waals surface area contributed by atoms with Crippen molar-refractivity contribution in [1.82, 2.24) is 0 Å². The second-order valence-corrected chi connectivity index (χ2v) is 7.20. The summed E-state index contributed by atoms with van der Waals surface area (Å²) in [4.78, 5) is 0. The van der Waals surface area contributed by atoms with Crippen molar-refractivity contribution >= 4 is 23.4 Å². The highest BCUT2D eigenvalue weighted by molar-refractivity contribution is 8.01. The van der Waals surface area contributed by atoms with Gasteiger partial charge in [0.2, 0.25) is 0 Å². The molecule has 12 heavy (non-hydrogen) atoms. The molecule has 0 nitrogen and oxygen atoms in total. The van der Waals surface area contributed by atoms with Crippen LogP contribution in [0.4, 0.5) is 0 Å². The summed E-state index contributed by atoms with van der Waals surface area (Å²) in [6.07, 6.45) is 5.23. The molecule has 1 fully saturated rings. The third kappa shape index (κ3) is 3.57. The Bertz CT molecular complexity index is 139. The molecule has 0 unspecified atom stereocenters. The van der Waals surface area contributed by atoms with Crippen LogP contribution in [0.3, 0.4) is 0 Å². The largest absolute Gasteiger partial charge is 0.151 e. The fraction of sp³-hybridized carbons (Fsp3) is 1.00. The standard InChI is InChI=1S/C10H19ClS/c1-10(2,3)12-9-7-5-4-6-8(9)11/h8-9H,4-7H2,1-3H3/t8-,9-/m0/s1. The van der Waals surface area contributed by atoms with Gasteiger partial charge in [0, 0.05) is 15.4 Å². The highest BCUT2D eigenvalue weighted by Crippen LogP contribution is 2.38. The van der Waals surface area contributed by atoms with Crippen LogP contribution in [0, 0.1) is 0 Å². The van der Waals surface area contributed by atoms with Crippen molar-refractivity contribution in [3.63, 3.8) is 0 Å². The van der Waals surface area contributed by atoms with Gasteiger partial charge < -0.3 is 0 Å². The molecule has 0 aliphatic heterocycles. The molecule has 0 aromatic rings. The average Bonchev–Trinajstić information content (AvgIpc) is 1.91. The maximum atomic E-state index is 6.27. The summed E-state index contributed by atoms with van der Waals surface area (Å²) in [5, 5.41) is 1.11. The Balaban J connectivity index is 2.39. The molecular formula is C10H19ClS. The predicted octanol–water partition coefficient (Wildman–Crippen LogP) is 4.07. The minimum Gasteiger partial charge on any atom is -0.151 e. The van der Waals surface area contributed by atoms with Gasteiger partial charge in [0.05, 0.1) is 0 Å². The fourth-order valence-electron chi connectivity index (χ4n) is 1.64. The van der Waals surface area contributed by atoms with Crippen molar-refractivity contribution in [3.05, 3.63) is 0 Å². The Hall–Kier alpha value is 0.640. The molecule has 1 rings (SSSR count). The summed E-state index contributed by atoms with van der Waals surface area (Å²) in [5.41, 5.74) is 0. The van der Waals surface area contributed by atoms with Gasteiger partial charge in [-0.15, -0.1) is 11.6 Å². The van der Waals surface area contributed by atoms with Crippen LogP contribution in [0.1, 0.15) is 46.5 Å². The zero-order chi connectivity index (χ0) is 9.19. The van der Waals surface area contributed by atoms with Crippen molar-refractivity contribution in [1.29, 1.82) is 0 Å². The molecule has 0 aromatic heterocycles. The van der Waals surface area contributed by atoms with E-state index in [2.05, 4.69) is 32.5 Å². The third-order valence-electron chi connectivity index (χ3n) is 2.13. The van der Waals surface area contributed by atoms with E-state index in [0.29, 0.717) is 15.4 Å². The summed E-state index contributed by atoms with van der Waals surface area (Å²) in [7, 11) is 0. The van der Waals surface area contributed by atoms with Crippen molar-refractivity contribution in [2.24, 2.45) is 0 Å². The van der Waals surface area contributed by atoms with E-state index in [1.54, 1.807) is 0 Å². The quantitative estimate of drug-likeness (QED) is 0.583. The van der Waals surface area contributed by atoms with Crippen LogP contribution >= 0.6 is 23.4 Å². The number of halogens is 1. The Morgan fingerprint density at radius 3 is 2.25 bits per heavy atom. The van der Waals surface area contributed by atoms with Gasteiger partial charge in [-0.25, -0.2) is 0 Å². The van der Waals surface area contributed by atoms with E-state index in [4.69, 9.17) is 11.6 Å². The zero-order valence-corrected chi connectivity index (χ0v) is 9.84. The summed E-state index contributed by atoms with van der Waals surface area (Å²) < 4.78 is 0.370. The monoisotopic (exact) mass is 206 g/mol. The lowest BCUT2D eigenvalue weighted by atomic mass is 10.00. The fourth-order valence-corrected chi connectivity index (χ4v) is 3.55. The van der Waals surface area contributed by atoms with E-state index in [0.717, 1.165) is 0 Å². The van der Waals surface area contributed by atoms with Crippen LogP contribution in [0.25, 0.3) is 0 Å². The van der Waals surface area contributed by atoms with Gasteiger partial charge in [-0.3, -0.25) is 0 Å². The molecule has 0 heterocycles. The van der Waals surface area contributed by atoms with E-state index >= 15 is 0 Å². The molecule has 0 amide bonds. The van der Waals surface area contributed by atoms with Gasteiger partial charge >= 0.3 is 0 Å². The van der Waals surface area contributed by atoms with Crippen molar-refractivity contribution in [3.8, 4) is 0 Å². The normalized spacial score (nSPS) is 32.0. The molecular weight excluding hydrogens is 188 g/mol. The smallest absolute Gasteiger partial charge is 0.0455 e. The van der Waals surface area contributed by atoms with E-state index in [9.17, 15) is 0 Å². The third-order valence-corrected chi connectivity index (χ3v) is 4.37. The number of thioether (sulfide) groups is 1. The first-order valence-electron chi connectivity index (χ1n) is 4.81. The van der Waals surface area contributed by atoms with E-state index < -0.39 is 0 Å². The first kappa shape index (κ1) is 10.7. The molecule has 0 spiro atoms. The van der Waals surface area contributed by atoms with Crippen LogP contribution in [-0.2, 0) is 0 Å². The van der Waals surface area contributed by atoms with Crippen LogP contribution in [0.15, 0.2) is 0 Å². The summed E-state index contributed by atoms with van der Waals surface area (Å²) in [5.74, 6) is 0. The molecule has 0 saturated heterocycles. The average molecular weight is 207 g/mol. The maximum Gasteiger partial charge on any atom is 0.0455 e. The number of hydrogen-bond acceptors (Lipinski definition) is 1. The van der Waals surface area contributed by atoms with Gasteiger partial charge in [0.1, 0.15) is 0 Å². The molecule has 0 N–H and O–H groups in total. The Labute approximate surface area is 85.4 Å². The molecule has 1 aliphatic rings. The molecule has 0 radical (unpaired) electrons. The van der Waals surface area contributed by atoms with E-state index in [1.165, 1.54) is 25.7 Å². The van der Waals surface area contributed by atoms with Gasteiger partial charge in [0.15, 0.2) is 0 Å². The highest BCUT2D eigenvalue weighted by Gasteiger charge is 2.27. The van der Waals surface area contributed by atoms with Gasteiger partial charge in [-0.2, -0.15) is 11.8 Å². The summed E-state index contributed by atoms with van der Waals surface area (Å²) >= 11 is 8.32. The topological polar surface area (TPSA) is 0 Å². The van der Waals surface area contributed by atoms with Crippen LogP contribution in [0.2, 0.25) is 0 Å². The van der Waals surface area contributed by atoms with Crippen molar-refractivity contribution in [2.45, 2.75) is 61.8 Å². The number of hydrogen-bond donors (Lipinski definition) is 0. The zero-order valence-electron chi connectivity index (χ0n) is 8.27. The second-order valence-electron chi connectivity index (χ2n) is 4.57. The van der Waals surface area contributed by atoms with Crippen LogP contribution in [-0.4, -0.2) is 15.4 Å². The minimum absolute atomic E-state index is 0.370. The lowest BCUT2D eigenvalue weighted by molar-refractivity contribution is 0.519. The number of alkyl halides is 1. The van der Waals surface area contributed by atoms with Crippen molar-refractivity contribution < 1.29 is 0 Å². The molecule has 2 atom stereocenters. The van der Waals surface area contributed by atoms with E-state index in [-0.39, 0.29) is 0 Å². The molecule has 0 bridgehead atoms. The lowest BCUT2D eigenvalue weighted by Crippen LogP contribution is -2.26. The van der Waals surface area contributed by atoms with Crippen LogP contribution in [0.5, 0.6) is 0 Å². The van der Waals surface area contributed by atoms with E-state index in [1.807, 2.05) is 0 Å². The Morgan fingerprint density at radius 1 is 1.17 bits per heavy atom. The lowest BCUT2D eigenvalue weighted by Gasteiger charge is -2.32. The minimum atomic E-state index is 0.370. The molecule has 0 aromatic carbocycles. The Morgan fingerprint density at radius 2 is 1.75 bits per heavy atom.